The molecule has 0 aliphatic carbocycles. The maximum Gasteiger partial charge on any atom is 0.136 e. The van der Waals surface area contributed by atoms with Crippen LogP contribution in [0.5, 0.6) is 11.5 Å². The van der Waals surface area contributed by atoms with Gasteiger partial charge in [0.1, 0.15) is 11.5 Å². The smallest absolute Gasteiger partial charge is 0.136 e. The third-order valence-corrected chi connectivity index (χ3v) is 4.47. The van der Waals surface area contributed by atoms with Crippen molar-refractivity contribution in [1.82, 2.24) is 0 Å². The molecule has 20 heavy (non-hydrogen) atoms. The molecule has 2 N–H and O–H groups in total. The van der Waals surface area contributed by atoms with Gasteiger partial charge >= 0.3 is 0 Å². The van der Waals surface area contributed by atoms with E-state index in [9.17, 15) is 0 Å². The van der Waals surface area contributed by atoms with E-state index in [4.69, 9.17) is 15.2 Å². The third-order valence-electron chi connectivity index (χ3n) is 3.29. The van der Waals surface area contributed by atoms with Gasteiger partial charge < -0.3 is 15.2 Å². The van der Waals surface area contributed by atoms with Crippen molar-refractivity contribution >= 4 is 11.8 Å². The van der Waals surface area contributed by atoms with Gasteiger partial charge in [-0.15, -0.1) is 11.8 Å². The Morgan fingerprint density at radius 2 is 1.75 bits per heavy atom. The maximum absolute atomic E-state index is 6.04. The van der Waals surface area contributed by atoms with Crippen LogP contribution in [0.1, 0.15) is 38.7 Å². The van der Waals surface area contributed by atoms with Crippen molar-refractivity contribution in [3.05, 3.63) is 17.7 Å². The first-order valence-corrected chi connectivity index (χ1v) is 8.28. The van der Waals surface area contributed by atoms with Crippen molar-refractivity contribution in [1.29, 1.82) is 0 Å². The second-order valence-electron chi connectivity index (χ2n) is 4.90. The van der Waals surface area contributed by atoms with Crippen molar-refractivity contribution in [2.24, 2.45) is 5.73 Å². The molecule has 0 heterocycles. The van der Waals surface area contributed by atoms with Crippen molar-refractivity contribution in [3.8, 4) is 11.5 Å². The molecule has 1 atom stereocenters. The summed E-state index contributed by atoms with van der Waals surface area (Å²) in [6.07, 6.45) is 4.21. The van der Waals surface area contributed by atoms with E-state index in [0.717, 1.165) is 35.0 Å². The molecule has 1 aromatic rings. The minimum atomic E-state index is 0.183. The molecule has 4 heteroatoms. The number of thioether (sulfide) groups is 1. The molecule has 0 saturated heterocycles. The molecule has 0 fully saturated rings. The number of unbranched alkanes of at least 4 members (excludes halogenated alkanes) is 1. The molecule has 0 amide bonds. The summed E-state index contributed by atoms with van der Waals surface area (Å²) in [5, 5.41) is 0. The van der Waals surface area contributed by atoms with E-state index in [0.29, 0.717) is 0 Å². The van der Waals surface area contributed by atoms with Crippen LogP contribution in [0.4, 0.5) is 0 Å². The van der Waals surface area contributed by atoms with E-state index in [1.807, 2.05) is 0 Å². The van der Waals surface area contributed by atoms with Crippen LogP contribution >= 0.6 is 11.8 Å². The van der Waals surface area contributed by atoms with Crippen LogP contribution < -0.4 is 15.2 Å². The monoisotopic (exact) mass is 297 g/mol. The fraction of sp³-hybridized carbons (Fsp3) is 0.625. The van der Waals surface area contributed by atoms with Gasteiger partial charge in [-0.2, -0.15) is 0 Å². The highest BCUT2D eigenvalue weighted by atomic mass is 32.2. The van der Waals surface area contributed by atoms with Crippen molar-refractivity contribution in [2.45, 2.75) is 50.5 Å². The zero-order valence-electron chi connectivity index (χ0n) is 13.1. The summed E-state index contributed by atoms with van der Waals surface area (Å²) in [6, 6.07) is 4.36. The predicted molar refractivity (Wildman–Crippen MR) is 87.1 cm³/mol. The van der Waals surface area contributed by atoms with Gasteiger partial charge in [0.05, 0.1) is 19.1 Å². The molecular weight excluding hydrogens is 270 g/mol. The Morgan fingerprint density at radius 1 is 1.15 bits per heavy atom. The van der Waals surface area contributed by atoms with Gasteiger partial charge in [0.15, 0.2) is 0 Å². The number of ether oxygens (including phenoxy) is 2. The number of benzene rings is 1. The van der Waals surface area contributed by atoms with Gasteiger partial charge in [-0.3, -0.25) is 0 Å². The lowest BCUT2D eigenvalue weighted by Crippen LogP contribution is -2.21. The highest BCUT2D eigenvalue weighted by Crippen LogP contribution is 2.39. The Balaban J connectivity index is 2.98. The van der Waals surface area contributed by atoms with Crippen LogP contribution in [0.15, 0.2) is 17.0 Å². The number of methoxy groups -OCH3 is 2. The number of nitrogens with two attached hydrogens (primary N) is 1. The lowest BCUT2D eigenvalue weighted by Gasteiger charge is -2.16. The van der Waals surface area contributed by atoms with E-state index in [-0.39, 0.29) is 6.04 Å². The molecule has 1 rings (SSSR count). The highest BCUT2D eigenvalue weighted by Gasteiger charge is 2.14. The number of hydrogen-bond acceptors (Lipinski definition) is 4. The van der Waals surface area contributed by atoms with Crippen molar-refractivity contribution < 1.29 is 9.47 Å². The Labute approximate surface area is 127 Å². The summed E-state index contributed by atoms with van der Waals surface area (Å²) < 4.78 is 11.1. The molecule has 0 saturated carbocycles. The standard InChI is InChI=1S/C16H27NO2S/c1-5-7-8-20-16-14(18-3)10-12(9-13(17)6-2)11-15(16)19-4/h10-11,13H,5-9,17H2,1-4H3. The fourth-order valence-corrected chi connectivity index (χ4v) is 3.17. The summed E-state index contributed by atoms with van der Waals surface area (Å²) in [7, 11) is 3.42. The van der Waals surface area contributed by atoms with Crippen LogP contribution in [0.2, 0.25) is 0 Å². The molecule has 1 unspecified atom stereocenters. The lowest BCUT2D eigenvalue weighted by atomic mass is 10.0. The first-order valence-electron chi connectivity index (χ1n) is 7.29. The summed E-state index contributed by atoms with van der Waals surface area (Å²) in [6.45, 7) is 4.30. The predicted octanol–water partition coefficient (Wildman–Crippen LogP) is 3.88. The van der Waals surface area contributed by atoms with Crippen LogP contribution in [0.25, 0.3) is 0 Å². The van der Waals surface area contributed by atoms with Crippen LogP contribution in [0.3, 0.4) is 0 Å². The third kappa shape index (κ3) is 4.91. The molecular formula is C16H27NO2S. The fourth-order valence-electron chi connectivity index (χ4n) is 1.96. The van der Waals surface area contributed by atoms with Crippen LogP contribution in [0, 0.1) is 0 Å². The Hall–Kier alpha value is -0.870. The van der Waals surface area contributed by atoms with E-state index in [1.54, 1.807) is 26.0 Å². The Morgan fingerprint density at radius 3 is 2.20 bits per heavy atom. The Bertz CT molecular complexity index is 384. The maximum atomic E-state index is 6.04. The molecule has 0 radical (unpaired) electrons. The molecule has 0 spiro atoms. The summed E-state index contributed by atoms with van der Waals surface area (Å²) in [5.41, 5.74) is 7.21. The lowest BCUT2D eigenvalue weighted by molar-refractivity contribution is 0.375. The SMILES string of the molecule is CCCCSc1c(OC)cc(CC(N)CC)cc1OC. The number of hydrogen-bond donors (Lipinski definition) is 1. The Kier molecular flexibility index (Phi) is 7.85. The van der Waals surface area contributed by atoms with Gasteiger partial charge in [0, 0.05) is 6.04 Å². The molecule has 1 aromatic carbocycles. The summed E-state index contributed by atoms with van der Waals surface area (Å²) in [4.78, 5) is 1.09. The van der Waals surface area contributed by atoms with E-state index < -0.39 is 0 Å². The average molecular weight is 297 g/mol. The first-order chi connectivity index (χ1) is 9.65. The highest BCUT2D eigenvalue weighted by molar-refractivity contribution is 7.99. The minimum Gasteiger partial charge on any atom is -0.495 e. The quantitative estimate of drug-likeness (QED) is 0.555. The molecule has 0 aromatic heterocycles. The second-order valence-corrected chi connectivity index (χ2v) is 6.01. The van der Waals surface area contributed by atoms with Crippen LogP contribution in [-0.2, 0) is 6.42 Å². The average Bonchev–Trinajstić information content (AvgIpc) is 2.47. The molecule has 0 aliphatic heterocycles. The van der Waals surface area contributed by atoms with Gasteiger partial charge in [0.2, 0.25) is 0 Å². The van der Waals surface area contributed by atoms with Gasteiger partial charge in [-0.1, -0.05) is 20.3 Å². The van der Waals surface area contributed by atoms with Gasteiger partial charge in [-0.25, -0.2) is 0 Å². The van der Waals surface area contributed by atoms with Crippen LogP contribution in [-0.4, -0.2) is 26.0 Å². The van der Waals surface area contributed by atoms with E-state index in [1.165, 1.54) is 18.4 Å². The summed E-state index contributed by atoms with van der Waals surface area (Å²) >= 11 is 1.80. The van der Waals surface area contributed by atoms with E-state index >= 15 is 0 Å². The molecule has 0 aliphatic rings. The minimum absolute atomic E-state index is 0.183. The van der Waals surface area contributed by atoms with Crippen molar-refractivity contribution in [3.63, 3.8) is 0 Å². The summed E-state index contributed by atoms with van der Waals surface area (Å²) in [5.74, 6) is 2.87. The normalized spacial score (nSPS) is 12.2. The van der Waals surface area contributed by atoms with Crippen molar-refractivity contribution in [2.75, 3.05) is 20.0 Å². The van der Waals surface area contributed by atoms with Gasteiger partial charge in [-0.05, 0) is 42.7 Å². The zero-order chi connectivity index (χ0) is 15.0. The molecule has 3 nitrogen and oxygen atoms in total. The first kappa shape index (κ1) is 17.2. The van der Waals surface area contributed by atoms with Gasteiger partial charge in [0.25, 0.3) is 0 Å². The molecule has 114 valence electrons. The largest absolute Gasteiger partial charge is 0.495 e. The molecule has 0 bridgehead atoms. The number of rotatable bonds is 9. The second kappa shape index (κ2) is 9.14. The topological polar surface area (TPSA) is 44.5 Å². The zero-order valence-corrected chi connectivity index (χ0v) is 13.9. The van der Waals surface area contributed by atoms with E-state index in [2.05, 4.69) is 26.0 Å².